The monoisotopic (exact) mass is 357 g/mol. The van der Waals surface area contributed by atoms with E-state index < -0.39 is 0 Å². The molecule has 25 heavy (non-hydrogen) atoms. The van der Waals surface area contributed by atoms with E-state index in [1.807, 2.05) is 30.5 Å². The maximum atomic E-state index is 11.7. The molecule has 0 saturated carbocycles. The minimum absolute atomic E-state index is 0.0207. The molecule has 0 aliphatic rings. The number of rotatable bonds is 6. The first-order valence-corrected chi connectivity index (χ1v) is 9.28. The molecule has 3 aromatic rings. The van der Waals surface area contributed by atoms with Crippen molar-refractivity contribution in [2.24, 2.45) is 0 Å². The van der Waals surface area contributed by atoms with E-state index in [1.165, 1.54) is 11.3 Å². The van der Waals surface area contributed by atoms with E-state index >= 15 is 0 Å². The lowest BCUT2D eigenvalue weighted by atomic mass is 10.2. The number of fused-ring (bicyclic) bond motifs is 1. The molecule has 5 nitrogen and oxygen atoms in total. The molecule has 0 radical (unpaired) electrons. The summed E-state index contributed by atoms with van der Waals surface area (Å²) in [6, 6.07) is 10.3. The molecule has 0 saturated heterocycles. The van der Waals surface area contributed by atoms with Crippen LogP contribution in [0.3, 0.4) is 0 Å². The average molecular weight is 357 g/mol. The highest BCUT2D eigenvalue weighted by atomic mass is 32.1. The van der Waals surface area contributed by atoms with Crippen LogP contribution in [0.25, 0.3) is 11.0 Å². The lowest BCUT2D eigenvalue weighted by molar-refractivity contribution is -0.116. The van der Waals surface area contributed by atoms with Crippen LogP contribution in [0.15, 0.2) is 40.1 Å². The van der Waals surface area contributed by atoms with Crippen LogP contribution in [-0.2, 0) is 11.3 Å². The molecule has 6 heteroatoms. The molecule has 0 N–H and O–H groups in total. The maximum Gasteiger partial charge on any atom is 0.225 e. The number of furan rings is 1. The highest BCUT2D eigenvalue weighted by Crippen LogP contribution is 2.28. The Labute approximate surface area is 151 Å². The minimum atomic E-state index is 0.0207. The largest absolute Gasteiger partial charge is 0.459 e. The van der Waals surface area contributed by atoms with Crippen LogP contribution in [0.4, 0.5) is 5.13 Å². The van der Waals surface area contributed by atoms with E-state index in [4.69, 9.17) is 4.42 Å². The summed E-state index contributed by atoms with van der Waals surface area (Å²) in [5.74, 6) is 0.963. The van der Waals surface area contributed by atoms with Gasteiger partial charge >= 0.3 is 0 Å². The van der Waals surface area contributed by atoms with E-state index in [0.717, 1.165) is 27.6 Å². The number of aromatic nitrogens is 1. The third-order valence-electron chi connectivity index (χ3n) is 4.40. The summed E-state index contributed by atoms with van der Waals surface area (Å²) in [5, 5.41) is 3.89. The van der Waals surface area contributed by atoms with Gasteiger partial charge in [0.15, 0.2) is 5.13 Å². The molecule has 0 aliphatic heterocycles. The predicted octanol–water partition coefficient (Wildman–Crippen LogP) is 4.46. The maximum absolute atomic E-state index is 11.7. The number of para-hydroxylation sites is 1. The summed E-state index contributed by atoms with van der Waals surface area (Å²) in [6.45, 7) is 6.98. The molecule has 0 fully saturated rings. The molecule has 2 heterocycles. The van der Waals surface area contributed by atoms with Crippen LogP contribution in [0.2, 0.25) is 0 Å². The SMILES string of the molecule is CCN(C(C)=O)c1nc(CN(C)[C@H](C)c2cc3ccccc3o2)cs1. The summed E-state index contributed by atoms with van der Waals surface area (Å²) in [7, 11) is 2.05. The van der Waals surface area contributed by atoms with Crippen molar-refractivity contribution in [1.29, 1.82) is 0 Å². The minimum Gasteiger partial charge on any atom is -0.459 e. The number of nitrogens with zero attached hydrogens (tertiary/aromatic N) is 3. The summed E-state index contributed by atoms with van der Waals surface area (Å²) < 4.78 is 5.97. The summed E-state index contributed by atoms with van der Waals surface area (Å²) in [4.78, 5) is 20.2. The Morgan fingerprint density at radius 3 is 2.80 bits per heavy atom. The zero-order chi connectivity index (χ0) is 18.0. The molecule has 0 spiro atoms. The summed E-state index contributed by atoms with van der Waals surface area (Å²) in [6.07, 6.45) is 0. The molecule has 0 aliphatic carbocycles. The second-order valence-corrected chi connectivity index (χ2v) is 7.00. The Morgan fingerprint density at radius 2 is 2.12 bits per heavy atom. The van der Waals surface area contributed by atoms with Gasteiger partial charge in [-0.1, -0.05) is 18.2 Å². The third kappa shape index (κ3) is 3.75. The number of benzene rings is 1. The van der Waals surface area contributed by atoms with Crippen molar-refractivity contribution in [3.63, 3.8) is 0 Å². The number of anilines is 1. The molecular weight excluding hydrogens is 334 g/mol. The quantitative estimate of drug-likeness (QED) is 0.654. The first kappa shape index (κ1) is 17.6. The van der Waals surface area contributed by atoms with Crippen molar-refractivity contribution in [2.45, 2.75) is 33.4 Å². The van der Waals surface area contributed by atoms with E-state index in [0.29, 0.717) is 13.1 Å². The third-order valence-corrected chi connectivity index (χ3v) is 5.31. The van der Waals surface area contributed by atoms with Crippen molar-refractivity contribution in [1.82, 2.24) is 9.88 Å². The van der Waals surface area contributed by atoms with Crippen molar-refractivity contribution in [3.8, 4) is 0 Å². The van der Waals surface area contributed by atoms with Gasteiger partial charge in [-0.25, -0.2) is 4.98 Å². The van der Waals surface area contributed by atoms with Gasteiger partial charge in [0.1, 0.15) is 11.3 Å². The Balaban J connectivity index is 1.72. The van der Waals surface area contributed by atoms with E-state index in [1.54, 1.807) is 11.8 Å². The fourth-order valence-corrected chi connectivity index (χ4v) is 3.73. The Kier molecular flexibility index (Phi) is 5.20. The van der Waals surface area contributed by atoms with E-state index in [9.17, 15) is 4.79 Å². The Bertz CT molecular complexity index is 837. The van der Waals surface area contributed by atoms with Gasteiger partial charge in [-0.2, -0.15) is 0 Å². The lowest BCUT2D eigenvalue weighted by Crippen LogP contribution is -2.28. The molecule has 1 aromatic carbocycles. The highest BCUT2D eigenvalue weighted by Gasteiger charge is 2.19. The van der Waals surface area contributed by atoms with Crippen LogP contribution < -0.4 is 4.90 Å². The standard InChI is InChI=1S/C19H23N3O2S/c1-5-22(14(3)23)19-20-16(12-25-19)11-21(4)13(2)18-10-15-8-6-7-9-17(15)24-18/h6-10,12-13H,5,11H2,1-4H3/t13-/m1/s1. The van der Waals surface area contributed by atoms with Crippen molar-refractivity contribution < 1.29 is 9.21 Å². The second kappa shape index (κ2) is 7.37. The topological polar surface area (TPSA) is 49.6 Å². The van der Waals surface area contributed by atoms with Crippen molar-refractivity contribution in [2.75, 3.05) is 18.5 Å². The van der Waals surface area contributed by atoms with Crippen LogP contribution in [0.1, 0.15) is 38.3 Å². The molecular formula is C19H23N3O2S. The van der Waals surface area contributed by atoms with Crippen LogP contribution in [0, 0.1) is 0 Å². The van der Waals surface area contributed by atoms with Crippen LogP contribution in [0.5, 0.6) is 0 Å². The number of thiazole rings is 1. The number of amides is 1. The van der Waals surface area contributed by atoms with Crippen LogP contribution in [-0.4, -0.2) is 29.4 Å². The first-order chi connectivity index (χ1) is 12.0. The van der Waals surface area contributed by atoms with Gasteiger partial charge in [-0.05, 0) is 33.0 Å². The molecule has 1 amide bonds. The Morgan fingerprint density at radius 1 is 1.36 bits per heavy atom. The molecule has 1 atom stereocenters. The molecule has 132 valence electrons. The zero-order valence-corrected chi connectivity index (χ0v) is 15.8. The normalized spacial score (nSPS) is 12.7. The zero-order valence-electron chi connectivity index (χ0n) is 15.0. The van der Waals surface area contributed by atoms with Crippen LogP contribution >= 0.6 is 11.3 Å². The molecule has 0 unspecified atom stereocenters. The summed E-state index contributed by atoms with van der Waals surface area (Å²) in [5.41, 5.74) is 1.87. The number of carbonyl (C=O) groups is 1. The Hall–Kier alpha value is -2.18. The second-order valence-electron chi connectivity index (χ2n) is 6.16. The van der Waals surface area contributed by atoms with Gasteiger partial charge in [-0.15, -0.1) is 11.3 Å². The van der Waals surface area contributed by atoms with Crippen molar-refractivity contribution >= 4 is 33.3 Å². The van der Waals surface area contributed by atoms with Gasteiger partial charge in [0.25, 0.3) is 0 Å². The lowest BCUT2D eigenvalue weighted by Gasteiger charge is -2.22. The number of hydrogen-bond acceptors (Lipinski definition) is 5. The van der Waals surface area contributed by atoms with E-state index in [-0.39, 0.29) is 11.9 Å². The summed E-state index contributed by atoms with van der Waals surface area (Å²) >= 11 is 1.51. The van der Waals surface area contributed by atoms with Crippen molar-refractivity contribution in [3.05, 3.63) is 47.2 Å². The first-order valence-electron chi connectivity index (χ1n) is 8.40. The van der Waals surface area contributed by atoms with E-state index in [2.05, 4.69) is 36.0 Å². The molecule has 2 aromatic heterocycles. The fourth-order valence-electron chi connectivity index (χ4n) is 2.80. The highest BCUT2D eigenvalue weighted by molar-refractivity contribution is 7.14. The smallest absolute Gasteiger partial charge is 0.225 e. The average Bonchev–Trinajstić information content (AvgIpc) is 3.21. The predicted molar refractivity (Wildman–Crippen MR) is 102 cm³/mol. The van der Waals surface area contributed by atoms with Gasteiger partial charge in [0, 0.05) is 30.8 Å². The molecule has 3 rings (SSSR count). The van der Waals surface area contributed by atoms with Gasteiger partial charge in [-0.3, -0.25) is 14.6 Å². The number of hydrogen-bond donors (Lipinski definition) is 0. The van der Waals surface area contributed by atoms with Gasteiger partial charge in [0.2, 0.25) is 5.91 Å². The number of carbonyl (C=O) groups excluding carboxylic acids is 1. The fraction of sp³-hybridized carbons (Fsp3) is 0.368. The molecule has 0 bridgehead atoms. The van der Waals surface area contributed by atoms with Gasteiger partial charge < -0.3 is 4.42 Å². The van der Waals surface area contributed by atoms with Gasteiger partial charge in [0.05, 0.1) is 11.7 Å².